The van der Waals surface area contributed by atoms with Crippen molar-refractivity contribution in [3.63, 3.8) is 0 Å². The maximum atomic E-state index is 13.8. The quantitative estimate of drug-likeness (QED) is 0.272. The molecule has 2 aromatic carbocycles. The molecule has 2 aromatic heterocycles. The number of rotatable bonds is 9. The van der Waals surface area contributed by atoms with Gasteiger partial charge in [-0.2, -0.15) is 5.10 Å². The molecular formula is C36H41N7O4. The molecule has 0 saturated carbocycles. The zero-order valence-electron chi connectivity index (χ0n) is 26.8. The van der Waals surface area contributed by atoms with E-state index < -0.39 is 5.60 Å². The molecule has 3 aliphatic rings. The van der Waals surface area contributed by atoms with Crippen LogP contribution in [0.25, 0.3) is 27.9 Å². The van der Waals surface area contributed by atoms with Gasteiger partial charge >= 0.3 is 0 Å². The Labute approximate surface area is 274 Å². The monoisotopic (exact) mass is 635 g/mol. The number of aromatic nitrogens is 4. The summed E-state index contributed by atoms with van der Waals surface area (Å²) in [7, 11) is 0. The number of amides is 2. The molecule has 2 N–H and O–H groups in total. The first-order chi connectivity index (χ1) is 23.0. The predicted molar refractivity (Wildman–Crippen MR) is 180 cm³/mol. The van der Waals surface area contributed by atoms with E-state index in [4.69, 9.17) is 9.47 Å². The Balaban J connectivity index is 0.961. The lowest BCUT2D eigenvalue weighted by atomic mass is 9.94. The molecule has 0 spiro atoms. The van der Waals surface area contributed by atoms with Crippen molar-refractivity contribution < 1.29 is 19.1 Å². The van der Waals surface area contributed by atoms with Crippen LogP contribution in [-0.4, -0.2) is 99.9 Å². The highest BCUT2D eigenvalue weighted by atomic mass is 16.5. The number of fused-ring (bicyclic) bond motifs is 1. The van der Waals surface area contributed by atoms with E-state index in [2.05, 4.69) is 43.7 Å². The Kier molecular flexibility index (Phi) is 9.10. The molecule has 5 heterocycles. The lowest BCUT2D eigenvalue weighted by Gasteiger charge is -2.30. The van der Waals surface area contributed by atoms with Crippen molar-refractivity contribution in [2.45, 2.75) is 44.1 Å². The Bertz CT molecular complexity index is 1750. The maximum absolute atomic E-state index is 13.8. The number of likely N-dealkylation sites (tertiary alicyclic amines) is 1. The Morgan fingerprint density at radius 3 is 2.60 bits per heavy atom. The zero-order valence-corrected chi connectivity index (χ0v) is 26.8. The van der Waals surface area contributed by atoms with Gasteiger partial charge in [0, 0.05) is 86.6 Å². The van der Waals surface area contributed by atoms with Gasteiger partial charge in [-0.3, -0.25) is 19.6 Å². The van der Waals surface area contributed by atoms with Gasteiger partial charge in [0.2, 0.25) is 5.91 Å². The van der Waals surface area contributed by atoms with Gasteiger partial charge in [0.15, 0.2) is 11.4 Å². The van der Waals surface area contributed by atoms with Gasteiger partial charge in [0.05, 0.1) is 12.1 Å². The van der Waals surface area contributed by atoms with Crippen molar-refractivity contribution in [2.75, 3.05) is 57.9 Å². The summed E-state index contributed by atoms with van der Waals surface area (Å²) in [5.41, 5.74) is 5.03. The summed E-state index contributed by atoms with van der Waals surface area (Å²) in [4.78, 5) is 39.7. The third kappa shape index (κ3) is 6.69. The molecular weight excluding hydrogens is 594 g/mol. The number of ether oxygens (including phenoxy) is 2. The molecule has 3 aliphatic heterocycles. The number of hydrogen-bond donors (Lipinski definition) is 2. The maximum Gasteiger partial charge on any atom is 0.258 e. The number of carbonyl (C=O) groups is 2. The zero-order chi connectivity index (χ0) is 32.2. The third-order valence-corrected chi connectivity index (χ3v) is 9.62. The summed E-state index contributed by atoms with van der Waals surface area (Å²) in [6.07, 6.45) is 8.83. The lowest BCUT2D eigenvalue weighted by molar-refractivity contribution is -0.140. The van der Waals surface area contributed by atoms with Crippen molar-refractivity contribution in [3.05, 3.63) is 78.3 Å². The van der Waals surface area contributed by atoms with Crippen molar-refractivity contribution in [2.24, 2.45) is 0 Å². The van der Waals surface area contributed by atoms with E-state index in [1.54, 1.807) is 18.5 Å². The SMILES string of the molecule is CCO[C@@]1(C(=O)Nc2ccc3n[nH]c(C4CCOCC4)c3c2)CCN(CC(=O)N2CC=C(c3ccc(-c4ncccn4)cc3)CC2)C1. The minimum absolute atomic E-state index is 0.0654. The van der Waals surface area contributed by atoms with Crippen molar-refractivity contribution in [1.82, 2.24) is 30.0 Å². The van der Waals surface area contributed by atoms with Crippen LogP contribution in [0.1, 0.15) is 49.8 Å². The van der Waals surface area contributed by atoms with Gasteiger partial charge in [-0.15, -0.1) is 0 Å². The highest BCUT2D eigenvalue weighted by Gasteiger charge is 2.46. The van der Waals surface area contributed by atoms with E-state index in [-0.39, 0.29) is 18.4 Å². The Morgan fingerprint density at radius 2 is 1.85 bits per heavy atom. The van der Waals surface area contributed by atoms with Gasteiger partial charge < -0.3 is 19.7 Å². The van der Waals surface area contributed by atoms with Crippen LogP contribution in [-0.2, 0) is 19.1 Å². The van der Waals surface area contributed by atoms with E-state index in [0.717, 1.165) is 60.2 Å². The number of nitrogens with zero attached hydrogens (tertiary/aromatic N) is 5. The first-order valence-corrected chi connectivity index (χ1v) is 16.6. The molecule has 11 heteroatoms. The van der Waals surface area contributed by atoms with Gasteiger partial charge in [-0.05, 0) is 68.0 Å². The highest BCUT2D eigenvalue weighted by Crippen LogP contribution is 2.33. The van der Waals surface area contributed by atoms with Crippen LogP contribution in [0.15, 0.2) is 67.0 Å². The second-order valence-electron chi connectivity index (χ2n) is 12.6. The molecule has 244 valence electrons. The number of hydrogen-bond acceptors (Lipinski definition) is 8. The van der Waals surface area contributed by atoms with E-state index in [9.17, 15) is 9.59 Å². The van der Waals surface area contributed by atoms with Gasteiger partial charge in [0.25, 0.3) is 5.91 Å². The van der Waals surface area contributed by atoms with Gasteiger partial charge in [0.1, 0.15) is 0 Å². The summed E-state index contributed by atoms with van der Waals surface area (Å²) in [5.74, 6) is 0.951. The van der Waals surface area contributed by atoms with E-state index >= 15 is 0 Å². The van der Waals surface area contributed by atoms with Crippen LogP contribution in [0.5, 0.6) is 0 Å². The molecule has 2 saturated heterocycles. The topological polar surface area (TPSA) is 126 Å². The normalized spacial score (nSPS) is 20.8. The third-order valence-electron chi connectivity index (χ3n) is 9.62. The van der Waals surface area contributed by atoms with Gasteiger partial charge in [-0.25, -0.2) is 9.97 Å². The minimum Gasteiger partial charge on any atom is -0.381 e. The van der Waals surface area contributed by atoms with Crippen LogP contribution < -0.4 is 5.32 Å². The molecule has 0 radical (unpaired) electrons. The smallest absolute Gasteiger partial charge is 0.258 e. The van der Waals surface area contributed by atoms with Crippen LogP contribution in [0.3, 0.4) is 0 Å². The standard InChI is InChI=1S/C36H41N7O4/c1-2-47-36(35(45)39-29-8-9-31-30(22-29)33(41-40-31)27-12-20-46-21-13-27)14-19-42(24-36)23-32(44)43-17-10-26(11-18-43)25-4-6-28(7-5-25)34-37-15-3-16-38-34/h3-10,15-16,22,27H,2,11-14,17-21,23-24H2,1H3,(H,39,45)(H,40,41)/t36-/m0/s1. The number of aromatic amines is 1. The lowest BCUT2D eigenvalue weighted by Crippen LogP contribution is -2.49. The summed E-state index contributed by atoms with van der Waals surface area (Å²) in [6, 6.07) is 15.9. The minimum atomic E-state index is -1.02. The molecule has 0 unspecified atom stereocenters. The predicted octanol–water partition coefficient (Wildman–Crippen LogP) is 4.65. The average Bonchev–Trinajstić information content (AvgIpc) is 3.74. The van der Waals surface area contributed by atoms with Crippen molar-refractivity contribution in [3.8, 4) is 11.4 Å². The molecule has 47 heavy (non-hydrogen) atoms. The Hall–Kier alpha value is -4.45. The van der Waals surface area contributed by atoms with Crippen LogP contribution in [0.2, 0.25) is 0 Å². The second-order valence-corrected chi connectivity index (χ2v) is 12.6. The number of H-pyrrole nitrogens is 1. The second kappa shape index (κ2) is 13.7. The average molecular weight is 636 g/mol. The summed E-state index contributed by atoms with van der Waals surface area (Å²) in [6.45, 7) is 6.25. The molecule has 11 nitrogen and oxygen atoms in total. The Morgan fingerprint density at radius 1 is 1.06 bits per heavy atom. The number of nitrogens with one attached hydrogen (secondary N) is 2. The van der Waals surface area contributed by atoms with Crippen LogP contribution in [0, 0.1) is 0 Å². The molecule has 0 bridgehead atoms. The fraction of sp³-hybridized carbons (Fsp3) is 0.417. The summed E-state index contributed by atoms with van der Waals surface area (Å²) in [5, 5.41) is 11.9. The van der Waals surface area contributed by atoms with E-state index in [1.165, 1.54) is 5.57 Å². The molecule has 2 amide bonds. The molecule has 0 aliphatic carbocycles. The van der Waals surface area contributed by atoms with E-state index in [0.29, 0.717) is 56.6 Å². The largest absolute Gasteiger partial charge is 0.381 e. The van der Waals surface area contributed by atoms with Crippen molar-refractivity contribution >= 4 is 34.0 Å². The number of benzene rings is 2. The molecule has 7 rings (SSSR count). The van der Waals surface area contributed by atoms with E-state index in [1.807, 2.05) is 47.1 Å². The molecule has 1 atom stereocenters. The fourth-order valence-corrected chi connectivity index (χ4v) is 7.02. The first-order valence-electron chi connectivity index (χ1n) is 16.6. The summed E-state index contributed by atoms with van der Waals surface area (Å²) < 4.78 is 11.7. The first kappa shape index (κ1) is 31.2. The van der Waals surface area contributed by atoms with Crippen LogP contribution in [0.4, 0.5) is 5.69 Å². The van der Waals surface area contributed by atoms with Crippen molar-refractivity contribution in [1.29, 1.82) is 0 Å². The van der Waals surface area contributed by atoms with Gasteiger partial charge in [-0.1, -0.05) is 30.3 Å². The molecule has 4 aromatic rings. The fourth-order valence-electron chi connectivity index (χ4n) is 7.02. The number of carbonyl (C=O) groups excluding carboxylic acids is 2. The van der Waals surface area contributed by atoms with Crippen LogP contribution >= 0.6 is 0 Å². The highest BCUT2D eigenvalue weighted by molar-refractivity contribution is 5.99. The molecule has 2 fully saturated rings. The summed E-state index contributed by atoms with van der Waals surface area (Å²) >= 11 is 0. The number of anilines is 1.